The van der Waals surface area contributed by atoms with Crippen molar-refractivity contribution < 1.29 is 18.3 Å². The van der Waals surface area contributed by atoms with Crippen LogP contribution in [0.4, 0.5) is 10.1 Å². The molecule has 0 radical (unpaired) electrons. The largest absolute Gasteiger partial charge is 0.494 e. The molecule has 1 amide bonds. The lowest BCUT2D eigenvalue weighted by atomic mass is 9.97. The Kier molecular flexibility index (Phi) is 6.12. The van der Waals surface area contributed by atoms with Crippen LogP contribution >= 0.6 is 0 Å². The number of nitrogens with zero attached hydrogens (tertiary/aromatic N) is 1. The minimum absolute atomic E-state index is 0.0104. The highest BCUT2D eigenvalue weighted by atomic mass is 19.1. The van der Waals surface area contributed by atoms with Crippen LogP contribution in [0, 0.1) is 25.6 Å². The Bertz CT molecular complexity index is 1520. The molecule has 0 bridgehead atoms. The van der Waals surface area contributed by atoms with Crippen molar-refractivity contribution in [2.24, 2.45) is 5.92 Å². The van der Waals surface area contributed by atoms with Gasteiger partial charge in [-0.2, -0.15) is 0 Å². The van der Waals surface area contributed by atoms with Crippen molar-refractivity contribution in [1.82, 2.24) is 0 Å². The van der Waals surface area contributed by atoms with E-state index in [0.717, 1.165) is 17.5 Å². The fourth-order valence-electron chi connectivity index (χ4n) is 4.60. The zero-order valence-electron chi connectivity index (χ0n) is 20.8. The second kappa shape index (κ2) is 9.26. The Labute approximate surface area is 209 Å². The maximum Gasteiger partial charge on any atom is 0.295 e. The maximum absolute atomic E-state index is 13.8. The zero-order chi connectivity index (χ0) is 25.6. The molecule has 0 N–H and O–H groups in total. The lowest BCUT2D eigenvalue weighted by Crippen LogP contribution is -2.29. The lowest BCUT2D eigenvalue weighted by Gasteiger charge is -2.25. The minimum atomic E-state index is -0.742. The number of halogens is 1. The van der Waals surface area contributed by atoms with Crippen molar-refractivity contribution in [2.75, 3.05) is 11.5 Å². The molecule has 6 heteroatoms. The summed E-state index contributed by atoms with van der Waals surface area (Å²) in [6.45, 7) is 8.70. The van der Waals surface area contributed by atoms with E-state index in [2.05, 4.69) is 13.8 Å². The first-order valence-corrected chi connectivity index (χ1v) is 12.1. The van der Waals surface area contributed by atoms with E-state index in [4.69, 9.17) is 9.15 Å². The van der Waals surface area contributed by atoms with Gasteiger partial charge in [-0.25, -0.2) is 4.39 Å². The van der Waals surface area contributed by atoms with Crippen molar-refractivity contribution in [3.63, 3.8) is 0 Å². The molecular formula is C30H28FNO4. The molecule has 1 aromatic heterocycles. The number of rotatable bonds is 6. The predicted octanol–water partition coefficient (Wildman–Crippen LogP) is 6.72. The van der Waals surface area contributed by atoms with Crippen molar-refractivity contribution in [3.05, 3.63) is 105 Å². The minimum Gasteiger partial charge on any atom is -0.494 e. The highest BCUT2D eigenvalue weighted by Crippen LogP contribution is 2.42. The Balaban J connectivity index is 1.69. The van der Waals surface area contributed by atoms with Crippen molar-refractivity contribution in [2.45, 2.75) is 40.2 Å². The van der Waals surface area contributed by atoms with E-state index in [-0.39, 0.29) is 16.8 Å². The Morgan fingerprint density at radius 3 is 2.44 bits per heavy atom. The summed E-state index contributed by atoms with van der Waals surface area (Å²) in [5, 5.41) is 0.431. The highest BCUT2D eigenvalue weighted by molar-refractivity contribution is 6.10. The fraction of sp³-hybridized carbons (Fsp3) is 0.267. The smallest absolute Gasteiger partial charge is 0.295 e. The van der Waals surface area contributed by atoms with Gasteiger partial charge in [0.15, 0.2) is 5.43 Å². The lowest BCUT2D eigenvalue weighted by molar-refractivity contribution is 0.0971. The van der Waals surface area contributed by atoms with Gasteiger partial charge in [0.25, 0.3) is 5.91 Å². The molecule has 2 heterocycles. The van der Waals surface area contributed by atoms with Crippen LogP contribution in [0.2, 0.25) is 0 Å². The second-order valence-electron chi connectivity index (χ2n) is 9.76. The van der Waals surface area contributed by atoms with Gasteiger partial charge < -0.3 is 9.15 Å². The fourth-order valence-corrected chi connectivity index (χ4v) is 4.60. The molecule has 4 aromatic rings. The van der Waals surface area contributed by atoms with Gasteiger partial charge in [-0.05, 0) is 91.4 Å². The van der Waals surface area contributed by atoms with Gasteiger partial charge in [-0.1, -0.05) is 26.0 Å². The molecule has 5 nitrogen and oxygen atoms in total. The van der Waals surface area contributed by atoms with Gasteiger partial charge in [0.05, 0.1) is 23.6 Å². The summed E-state index contributed by atoms with van der Waals surface area (Å²) in [4.78, 5) is 29.1. The standard InChI is InChI=1S/C30H28FNO4/c1-17(2)12-13-35-23-7-5-6-20(16-23)27-26-28(33)24-14-18(3)19(4)15-25(24)36-29(26)30(34)32(27)22-10-8-21(31)9-11-22/h5-11,14-17,27H,12-13H2,1-4H3. The Hall–Kier alpha value is -3.93. The van der Waals surface area contributed by atoms with Gasteiger partial charge in [0.1, 0.15) is 17.1 Å². The normalized spacial score (nSPS) is 15.1. The zero-order valence-corrected chi connectivity index (χ0v) is 20.8. The average Bonchev–Trinajstić information content (AvgIpc) is 3.13. The summed E-state index contributed by atoms with van der Waals surface area (Å²) in [5.74, 6) is 0.323. The summed E-state index contributed by atoms with van der Waals surface area (Å²) in [6, 6.07) is 16.0. The van der Waals surface area contributed by atoms with Crippen LogP contribution in [0.15, 0.2) is 69.9 Å². The maximum atomic E-state index is 13.8. The Morgan fingerprint density at radius 1 is 1.00 bits per heavy atom. The third kappa shape index (κ3) is 4.17. The molecule has 1 atom stereocenters. The number of anilines is 1. The van der Waals surface area contributed by atoms with Crippen molar-refractivity contribution in [3.8, 4) is 5.75 Å². The molecule has 1 aliphatic heterocycles. The number of fused-ring (bicyclic) bond motifs is 2. The van der Waals surface area contributed by atoms with Gasteiger partial charge in [-0.3, -0.25) is 14.5 Å². The SMILES string of the molecule is Cc1cc2oc3c(c(=O)c2cc1C)C(c1cccc(OCCC(C)C)c1)N(c1ccc(F)cc1)C3=O. The molecular weight excluding hydrogens is 457 g/mol. The molecule has 0 aliphatic carbocycles. The van der Waals surface area contributed by atoms with E-state index in [9.17, 15) is 14.0 Å². The molecule has 0 saturated heterocycles. The van der Waals surface area contributed by atoms with Gasteiger partial charge in [0.2, 0.25) is 5.76 Å². The predicted molar refractivity (Wildman–Crippen MR) is 138 cm³/mol. The quantitative estimate of drug-likeness (QED) is 0.304. The number of carbonyl (C=O) groups is 1. The van der Waals surface area contributed by atoms with Crippen LogP contribution in [0.5, 0.6) is 5.75 Å². The van der Waals surface area contributed by atoms with Crippen LogP contribution in [0.3, 0.4) is 0 Å². The topological polar surface area (TPSA) is 59.8 Å². The van der Waals surface area contributed by atoms with Gasteiger partial charge >= 0.3 is 0 Å². The molecule has 1 aliphatic rings. The van der Waals surface area contributed by atoms with Gasteiger partial charge in [-0.15, -0.1) is 0 Å². The molecule has 0 saturated carbocycles. The van der Waals surface area contributed by atoms with Crippen LogP contribution in [-0.2, 0) is 0 Å². The van der Waals surface area contributed by atoms with E-state index >= 15 is 0 Å². The molecule has 5 rings (SSSR count). The molecule has 1 unspecified atom stereocenters. The Morgan fingerprint density at radius 2 is 1.72 bits per heavy atom. The van der Waals surface area contributed by atoms with E-state index < -0.39 is 17.8 Å². The van der Waals surface area contributed by atoms with Crippen molar-refractivity contribution in [1.29, 1.82) is 0 Å². The van der Waals surface area contributed by atoms with Crippen molar-refractivity contribution >= 4 is 22.6 Å². The summed E-state index contributed by atoms with van der Waals surface area (Å²) >= 11 is 0. The molecule has 184 valence electrons. The third-order valence-electron chi connectivity index (χ3n) is 6.73. The van der Waals surface area contributed by atoms with E-state index in [0.29, 0.717) is 40.5 Å². The second-order valence-corrected chi connectivity index (χ2v) is 9.76. The summed E-state index contributed by atoms with van der Waals surface area (Å²) in [7, 11) is 0. The van der Waals surface area contributed by atoms with Gasteiger partial charge in [0, 0.05) is 5.69 Å². The first kappa shape index (κ1) is 23.8. The van der Waals surface area contributed by atoms with E-state index in [1.165, 1.54) is 29.2 Å². The summed E-state index contributed by atoms with van der Waals surface area (Å²) in [5.41, 5.74) is 3.52. The van der Waals surface area contributed by atoms with E-state index in [1.54, 1.807) is 6.07 Å². The first-order chi connectivity index (χ1) is 17.2. The number of ether oxygens (including phenoxy) is 1. The third-order valence-corrected chi connectivity index (χ3v) is 6.73. The monoisotopic (exact) mass is 485 g/mol. The molecule has 0 fully saturated rings. The average molecular weight is 486 g/mol. The van der Waals surface area contributed by atoms with Crippen LogP contribution in [-0.4, -0.2) is 12.5 Å². The number of hydrogen-bond acceptors (Lipinski definition) is 4. The summed E-state index contributed by atoms with van der Waals surface area (Å²) < 4.78 is 25.8. The summed E-state index contributed by atoms with van der Waals surface area (Å²) in [6.07, 6.45) is 0.908. The highest BCUT2D eigenvalue weighted by Gasteiger charge is 2.43. The first-order valence-electron chi connectivity index (χ1n) is 12.1. The van der Waals surface area contributed by atoms with E-state index in [1.807, 2.05) is 44.2 Å². The van der Waals surface area contributed by atoms with Crippen LogP contribution in [0.25, 0.3) is 11.0 Å². The van der Waals surface area contributed by atoms with Crippen LogP contribution in [0.1, 0.15) is 59.1 Å². The van der Waals surface area contributed by atoms with Crippen LogP contribution < -0.4 is 15.1 Å². The number of benzene rings is 3. The molecule has 36 heavy (non-hydrogen) atoms. The number of hydrogen-bond donors (Lipinski definition) is 0. The molecule has 3 aromatic carbocycles. The number of carbonyl (C=O) groups excluding carboxylic acids is 1. The number of amides is 1. The number of aryl methyl sites for hydroxylation is 2. The molecule has 0 spiro atoms.